The van der Waals surface area contributed by atoms with Gasteiger partial charge in [-0.1, -0.05) is 77.1 Å². The molecule has 0 bridgehead atoms. The first-order valence-electron chi connectivity index (χ1n) is 6.05. The van der Waals surface area contributed by atoms with E-state index in [-0.39, 0.29) is 5.41 Å². The van der Waals surface area contributed by atoms with E-state index in [2.05, 4.69) is 72.0 Å². The monoisotopic (exact) mass is 230 g/mol. The molecule has 0 saturated heterocycles. The number of allylic oxidation sites excluding steroid dienone is 2. The maximum atomic E-state index is 3.81. The lowest BCUT2D eigenvalue weighted by Crippen LogP contribution is -2.12. The SMILES string of the molecule is C=CC(C)(C)C.C=CC(C)(C)c1ccccc1. The molecule has 0 aliphatic heterocycles. The zero-order chi connectivity index (χ0) is 13.5. The summed E-state index contributed by atoms with van der Waals surface area (Å²) >= 11 is 0. The molecule has 0 N–H and O–H groups in total. The Morgan fingerprint density at radius 2 is 1.24 bits per heavy atom. The lowest BCUT2D eigenvalue weighted by Gasteiger charge is -2.19. The third-order valence-electron chi connectivity index (χ3n) is 2.64. The van der Waals surface area contributed by atoms with Gasteiger partial charge in [-0.3, -0.25) is 0 Å². The predicted molar refractivity (Wildman–Crippen MR) is 79.3 cm³/mol. The van der Waals surface area contributed by atoms with Gasteiger partial charge in [-0.25, -0.2) is 0 Å². The molecule has 17 heavy (non-hydrogen) atoms. The molecular formula is C17H26. The van der Waals surface area contributed by atoms with E-state index in [4.69, 9.17) is 0 Å². The van der Waals surface area contributed by atoms with Gasteiger partial charge >= 0.3 is 0 Å². The third-order valence-corrected chi connectivity index (χ3v) is 2.64. The summed E-state index contributed by atoms with van der Waals surface area (Å²) in [6, 6.07) is 10.4. The maximum absolute atomic E-state index is 3.81. The zero-order valence-corrected chi connectivity index (χ0v) is 12.0. The highest BCUT2D eigenvalue weighted by Crippen LogP contribution is 2.22. The van der Waals surface area contributed by atoms with Gasteiger partial charge in [0.25, 0.3) is 0 Å². The second-order valence-corrected chi connectivity index (χ2v) is 5.86. The Kier molecular flexibility index (Phi) is 5.95. The van der Waals surface area contributed by atoms with Crippen LogP contribution in [0.25, 0.3) is 0 Å². The van der Waals surface area contributed by atoms with E-state index in [1.807, 2.05) is 18.2 Å². The first kappa shape index (κ1) is 15.7. The van der Waals surface area contributed by atoms with Crippen LogP contribution < -0.4 is 0 Å². The molecule has 0 radical (unpaired) electrons. The summed E-state index contributed by atoms with van der Waals surface area (Å²) in [5.41, 5.74) is 1.72. The van der Waals surface area contributed by atoms with E-state index < -0.39 is 0 Å². The lowest BCUT2D eigenvalue weighted by molar-refractivity contribution is 0.546. The molecule has 0 fully saturated rings. The number of hydrogen-bond acceptors (Lipinski definition) is 0. The van der Waals surface area contributed by atoms with Gasteiger partial charge < -0.3 is 0 Å². The van der Waals surface area contributed by atoms with Gasteiger partial charge in [0.15, 0.2) is 0 Å². The molecule has 94 valence electrons. The summed E-state index contributed by atoms with van der Waals surface area (Å²) in [7, 11) is 0. The number of hydrogen-bond donors (Lipinski definition) is 0. The van der Waals surface area contributed by atoms with Crippen LogP contribution in [0, 0.1) is 5.41 Å². The topological polar surface area (TPSA) is 0 Å². The molecule has 0 unspecified atom stereocenters. The molecule has 0 aliphatic carbocycles. The van der Waals surface area contributed by atoms with E-state index in [1.54, 1.807) is 0 Å². The molecule has 1 rings (SSSR count). The van der Waals surface area contributed by atoms with E-state index >= 15 is 0 Å². The van der Waals surface area contributed by atoms with Crippen LogP contribution in [0.5, 0.6) is 0 Å². The van der Waals surface area contributed by atoms with Gasteiger partial charge in [-0.2, -0.15) is 0 Å². The average molecular weight is 230 g/mol. The smallest absolute Gasteiger partial charge is 0.00726 e. The summed E-state index contributed by atoms with van der Waals surface area (Å²) in [6.45, 7) is 18.1. The Morgan fingerprint density at radius 3 is 1.53 bits per heavy atom. The van der Waals surface area contributed by atoms with Crippen molar-refractivity contribution in [2.75, 3.05) is 0 Å². The fourth-order valence-corrected chi connectivity index (χ4v) is 0.986. The van der Waals surface area contributed by atoms with Crippen LogP contribution in [0.3, 0.4) is 0 Å². The molecule has 1 aromatic rings. The molecule has 0 atom stereocenters. The molecule has 0 heterocycles. The summed E-state index contributed by atoms with van der Waals surface area (Å²) in [4.78, 5) is 0. The molecular weight excluding hydrogens is 204 g/mol. The van der Waals surface area contributed by atoms with Crippen LogP contribution in [-0.2, 0) is 5.41 Å². The molecule has 0 aromatic heterocycles. The highest BCUT2D eigenvalue weighted by atomic mass is 14.2. The second kappa shape index (κ2) is 6.44. The Morgan fingerprint density at radius 1 is 0.824 bits per heavy atom. The van der Waals surface area contributed by atoms with Crippen LogP contribution >= 0.6 is 0 Å². The zero-order valence-electron chi connectivity index (χ0n) is 12.0. The quantitative estimate of drug-likeness (QED) is 0.599. The number of rotatable bonds is 2. The van der Waals surface area contributed by atoms with Gasteiger partial charge in [0.05, 0.1) is 0 Å². The molecule has 0 nitrogen and oxygen atoms in total. The minimum absolute atomic E-state index is 0.0985. The van der Waals surface area contributed by atoms with Crippen LogP contribution in [0.1, 0.15) is 40.2 Å². The lowest BCUT2D eigenvalue weighted by atomic mass is 9.85. The Hall–Kier alpha value is -1.30. The van der Waals surface area contributed by atoms with E-state index in [0.717, 1.165) is 0 Å². The first-order chi connectivity index (χ1) is 7.73. The van der Waals surface area contributed by atoms with Crippen molar-refractivity contribution in [2.45, 2.75) is 40.0 Å². The summed E-state index contributed by atoms with van der Waals surface area (Å²) in [6.07, 6.45) is 3.91. The van der Waals surface area contributed by atoms with Crippen molar-refractivity contribution in [2.24, 2.45) is 5.41 Å². The predicted octanol–water partition coefficient (Wildman–Crippen LogP) is 5.37. The minimum Gasteiger partial charge on any atom is -0.103 e. The molecule has 0 spiro atoms. The van der Waals surface area contributed by atoms with Gasteiger partial charge in [0.2, 0.25) is 0 Å². The van der Waals surface area contributed by atoms with Crippen molar-refractivity contribution < 1.29 is 0 Å². The normalized spacial score (nSPS) is 11.1. The fourth-order valence-electron chi connectivity index (χ4n) is 0.986. The van der Waals surface area contributed by atoms with Crippen LogP contribution in [0.2, 0.25) is 0 Å². The first-order valence-corrected chi connectivity index (χ1v) is 6.05. The highest BCUT2D eigenvalue weighted by molar-refractivity contribution is 5.27. The largest absolute Gasteiger partial charge is 0.103 e. The Balaban J connectivity index is 0.000000366. The molecule has 0 aliphatic rings. The van der Waals surface area contributed by atoms with E-state index in [0.29, 0.717) is 5.41 Å². The second-order valence-electron chi connectivity index (χ2n) is 5.86. The van der Waals surface area contributed by atoms with Gasteiger partial charge in [0, 0.05) is 5.41 Å². The van der Waals surface area contributed by atoms with Crippen LogP contribution in [-0.4, -0.2) is 0 Å². The summed E-state index contributed by atoms with van der Waals surface area (Å²) in [5.74, 6) is 0. The Labute approximate surface area is 107 Å². The Bertz CT molecular complexity index is 336. The molecule has 0 amide bonds. The van der Waals surface area contributed by atoms with Crippen molar-refractivity contribution >= 4 is 0 Å². The van der Waals surface area contributed by atoms with Crippen LogP contribution in [0.15, 0.2) is 55.6 Å². The summed E-state index contributed by atoms with van der Waals surface area (Å²) in [5, 5.41) is 0. The highest BCUT2D eigenvalue weighted by Gasteiger charge is 2.14. The molecule has 0 saturated carbocycles. The van der Waals surface area contributed by atoms with Crippen molar-refractivity contribution in [1.29, 1.82) is 0 Å². The fraction of sp³-hybridized carbons (Fsp3) is 0.412. The average Bonchev–Trinajstić information content (AvgIpc) is 2.30. The van der Waals surface area contributed by atoms with Crippen molar-refractivity contribution in [3.8, 4) is 0 Å². The van der Waals surface area contributed by atoms with Crippen molar-refractivity contribution in [3.63, 3.8) is 0 Å². The van der Waals surface area contributed by atoms with Crippen molar-refractivity contribution in [3.05, 3.63) is 61.2 Å². The molecule has 1 aromatic carbocycles. The number of benzene rings is 1. The van der Waals surface area contributed by atoms with Gasteiger partial charge in [-0.15, -0.1) is 13.2 Å². The van der Waals surface area contributed by atoms with Gasteiger partial charge in [0.1, 0.15) is 0 Å². The van der Waals surface area contributed by atoms with E-state index in [1.165, 1.54) is 5.56 Å². The maximum Gasteiger partial charge on any atom is 0.00726 e. The van der Waals surface area contributed by atoms with Gasteiger partial charge in [-0.05, 0) is 11.0 Å². The molecule has 0 heteroatoms. The standard InChI is InChI=1S/C11H14.C6H12/c1-4-11(2,3)10-8-6-5-7-9-10;1-5-6(2,3)4/h4-9H,1H2,2-3H3;5H,1H2,2-4H3. The summed E-state index contributed by atoms with van der Waals surface area (Å²) < 4.78 is 0. The van der Waals surface area contributed by atoms with Crippen molar-refractivity contribution in [1.82, 2.24) is 0 Å². The third kappa shape index (κ3) is 6.78. The van der Waals surface area contributed by atoms with Crippen LogP contribution in [0.4, 0.5) is 0 Å². The van der Waals surface area contributed by atoms with E-state index in [9.17, 15) is 0 Å². The minimum atomic E-state index is 0.0985.